The summed E-state index contributed by atoms with van der Waals surface area (Å²) in [5.41, 5.74) is 2.10. The number of ether oxygens (including phenoxy) is 1. The predicted octanol–water partition coefficient (Wildman–Crippen LogP) is 3.35. The summed E-state index contributed by atoms with van der Waals surface area (Å²) in [7, 11) is 0. The van der Waals surface area contributed by atoms with E-state index in [0.29, 0.717) is 22.5 Å². The summed E-state index contributed by atoms with van der Waals surface area (Å²) in [6.45, 7) is 3.30. The number of nitrogens with zero attached hydrogens (tertiary/aromatic N) is 1. The number of aromatic nitrogens is 1. The van der Waals surface area contributed by atoms with Gasteiger partial charge in [-0.05, 0) is 43.7 Å². The van der Waals surface area contributed by atoms with Crippen molar-refractivity contribution in [1.29, 1.82) is 0 Å². The highest BCUT2D eigenvalue weighted by molar-refractivity contribution is 5.94. The fourth-order valence-electron chi connectivity index (χ4n) is 2.31. The van der Waals surface area contributed by atoms with Gasteiger partial charge in [0.2, 0.25) is 0 Å². The quantitative estimate of drug-likeness (QED) is 0.851. The second-order valence-corrected chi connectivity index (χ2v) is 5.74. The number of carbonyl (C=O) groups excluding carboxylic acids is 2. The van der Waals surface area contributed by atoms with Gasteiger partial charge in [-0.3, -0.25) is 14.6 Å². The second-order valence-electron chi connectivity index (χ2n) is 5.74. The number of hydrogen-bond acceptors (Lipinski definition) is 4. The molecule has 1 heterocycles. The number of halogens is 3. The molecule has 0 spiro atoms. The molecule has 0 bridgehead atoms. The van der Waals surface area contributed by atoms with E-state index in [1.165, 1.54) is 31.2 Å². The van der Waals surface area contributed by atoms with Gasteiger partial charge < -0.3 is 10.1 Å². The standard InChI is InChI=1S/C18H17F3N2O3/c1-11-7-14(9-15(23-11)8-12(2)24)17(25)22-10-13-3-5-16(6-4-13)26-18(19,20)21/h3-7,9H,8,10H2,1-2H3,(H,22,25). The highest BCUT2D eigenvalue weighted by Gasteiger charge is 2.30. The van der Waals surface area contributed by atoms with E-state index < -0.39 is 6.36 Å². The van der Waals surface area contributed by atoms with Crippen LogP contribution in [0.2, 0.25) is 0 Å². The lowest BCUT2D eigenvalue weighted by Gasteiger charge is -2.10. The first kappa shape index (κ1) is 19.4. The largest absolute Gasteiger partial charge is 0.573 e. The van der Waals surface area contributed by atoms with E-state index >= 15 is 0 Å². The Morgan fingerprint density at radius 1 is 1.15 bits per heavy atom. The zero-order valence-corrected chi connectivity index (χ0v) is 14.2. The Balaban J connectivity index is 2.00. The van der Waals surface area contributed by atoms with Crippen LogP contribution >= 0.6 is 0 Å². The van der Waals surface area contributed by atoms with Crippen LogP contribution in [0, 0.1) is 6.92 Å². The molecular weight excluding hydrogens is 349 g/mol. The molecule has 0 fully saturated rings. The minimum absolute atomic E-state index is 0.0596. The van der Waals surface area contributed by atoms with E-state index in [4.69, 9.17) is 0 Å². The van der Waals surface area contributed by atoms with E-state index in [2.05, 4.69) is 15.0 Å². The van der Waals surface area contributed by atoms with Crippen LogP contribution in [0.25, 0.3) is 0 Å². The molecule has 26 heavy (non-hydrogen) atoms. The predicted molar refractivity (Wildman–Crippen MR) is 87.7 cm³/mol. The molecule has 5 nitrogen and oxygen atoms in total. The smallest absolute Gasteiger partial charge is 0.406 e. The molecule has 138 valence electrons. The number of hydrogen-bond donors (Lipinski definition) is 1. The summed E-state index contributed by atoms with van der Waals surface area (Å²) < 4.78 is 40.2. The summed E-state index contributed by atoms with van der Waals surface area (Å²) in [5, 5.41) is 2.68. The van der Waals surface area contributed by atoms with Crippen LogP contribution in [0.4, 0.5) is 13.2 Å². The molecule has 0 saturated carbocycles. The first-order chi connectivity index (χ1) is 12.1. The topological polar surface area (TPSA) is 68.3 Å². The molecule has 0 saturated heterocycles. The third-order valence-corrected chi connectivity index (χ3v) is 3.31. The van der Waals surface area contributed by atoms with Gasteiger partial charge in [0, 0.05) is 29.9 Å². The van der Waals surface area contributed by atoms with Crippen molar-refractivity contribution in [2.24, 2.45) is 0 Å². The maximum Gasteiger partial charge on any atom is 0.573 e. The van der Waals surface area contributed by atoms with Crippen LogP contribution in [0.15, 0.2) is 36.4 Å². The Labute approximate surface area is 148 Å². The minimum Gasteiger partial charge on any atom is -0.406 e. The van der Waals surface area contributed by atoms with Crippen LogP contribution in [0.1, 0.15) is 34.2 Å². The van der Waals surface area contributed by atoms with Gasteiger partial charge in [0.1, 0.15) is 11.5 Å². The first-order valence-corrected chi connectivity index (χ1v) is 7.72. The monoisotopic (exact) mass is 366 g/mol. The molecule has 1 amide bonds. The Morgan fingerprint density at radius 2 is 1.81 bits per heavy atom. The maximum absolute atomic E-state index is 12.3. The van der Waals surface area contributed by atoms with Crippen LogP contribution in [0.3, 0.4) is 0 Å². The van der Waals surface area contributed by atoms with Crippen LogP contribution in [-0.2, 0) is 17.8 Å². The zero-order valence-electron chi connectivity index (χ0n) is 14.2. The number of alkyl halides is 3. The molecule has 1 aromatic carbocycles. The number of ketones is 1. The van der Waals surface area contributed by atoms with Crippen molar-refractivity contribution in [2.45, 2.75) is 33.2 Å². The fourth-order valence-corrected chi connectivity index (χ4v) is 2.31. The number of Topliss-reactive ketones (excluding diaryl/α,β-unsaturated/α-hetero) is 1. The van der Waals surface area contributed by atoms with Crippen LogP contribution < -0.4 is 10.1 Å². The molecule has 0 atom stereocenters. The number of nitrogens with one attached hydrogen (secondary N) is 1. The second kappa shape index (κ2) is 7.99. The van der Waals surface area contributed by atoms with E-state index in [0.717, 1.165) is 0 Å². The molecule has 0 radical (unpaired) electrons. The van der Waals surface area contributed by atoms with Gasteiger partial charge >= 0.3 is 6.36 Å². The van der Waals surface area contributed by atoms with Crippen molar-refractivity contribution in [3.8, 4) is 5.75 Å². The number of amides is 1. The average Bonchev–Trinajstić information content (AvgIpc) is 2.51. The van der Waals surface area contributed by atoms with E-state index in [1.807, 2.05) is 0 Å². The molecule has 0 aliphatic carbocycles. The number of benzene rings is 1. The van der Waals surface area contributed by atoms with Gasteiger partial charge in [0.05, 0.1) is 0 Å². The minimum atomic E-state index is -4.74. The van der Waals surface area contributed by atoms with Crippen molar-refractivity contribution in [2.75, 3.05) is 0 Å². The van der Waals surface area contributed by atoms with Gasteiger partial charge in [0.25, 0.3) is 5.91 Å². The van der Waals surface area contributed by atoms with Gasteiger partial charge in [0.15, 0.2) is 0 Å². The highest BCUT2D eigenvalue weighted by atomic mass is 19.4. The van der Waals surface area contributed by atoms with Gasteiger partial charge in [-0.2, -0.15) is 0 Å². The van der Waals surface area contributed by atoms with E-state index in [9.17, 15) is 22.8 Å². The first-order valence-electron chi connectivity index (χ1n) is 7.72. The van der Waals surface area contributed by atoms with Crippen molar-refractivity contribution >= 4 is 11.7 Å². The number of pyridine rings is 1. The number of carbonyl (C=O) groups is 2. The summed E-state index contributed by atoms with van der Waals surface area (Å²) in [6, 6.07) is 8.36. The van der Waals surface area contributed by atoms with Gasteiger partial charge in [-0.15, -0.1) is 13.2 Å². The molecule has 1 N–H and O–H groups in total. The number of rotatable bonds is 6. The van der Waals surface area contributed by atoms with Crippen LogP contribution in [-0.4, -0.2) is 23.0 Å². The molecule has 0 aliphatic rings. The van der Waals surface area contributed by atoms with Crippen molar-refractivity contribution in [3.63, 3.8) is 0 Å². The number of aryl methyl sites for hydroxylation is 1. The molecule has 2 aromatic rings. The lowest BCUT2D eigenvalue weighted by atomic mass is 10.1. The Bertz CT molecular complexity index is 802. The van der Waals surface area contributed by atoms with E-state index in [-0.39, 0.29) is 30.4 Å². The molecular formula is C18H17F3N2O3. The third kappa shape index (κ3) is 6.19. The molecule has 0 unspecified atom stereocenters. The molecule has 1 aromatic heterocycles. The maximum atomic E-state index is 12.3. The summed E-state index contributed by atoms with van der Waals surface area (Å²) in [6.07, 6.45) is -4.60. The Morgan fingerprint density at radius 3 is 2.38 bits per heavy atom. The fraction of sp³-hybridized carbons (Fsp3) is 0.278. The SMILES string of the molecule is CC(=O)Cc1cc(C(=O)NCc2ccc(OC(F)(F)F)cc2)cc(C)n1. The Kier molecular flexibility index (Phi) is 5.97. The third-order valence-electron chi connectivity index (χ3n) is 3.31. The summed E-state index contributed by atoms with van der Waals surface area (Å²) in [5.74, 6) is -0.752. The van der Waals surface area contributed by atoms with Crippen molar-refractivity contribution in [1.82, 2.24) is 10.3 Å². The van der Waals surface area contributed by atoms with Crippen LogP contribution in [0.5, 0.6) is 5.75 Å². The molecule has 2 rings (SSSR count). The highest BCUT2D eigenvalue weighted by Crippen LogP contribution is 2.22. The Hall–Kier alpha value is -2.90. The van der Waals surface area contributed by atoms with Gasteiger partial charge in [-0.25, -0.2) is 0 Å². The summed E-state index contributed by atoms with van der Waals surface area (Å²) in [4.78, 5) is 27.7. The summed E-state index contributed by atoms with van der Waals surface area (Å²) >= 11 is 0. The lowest BCUT2D eigenvalue weighted by Crippen LogP contribution is -2.23. The molecule has 8 heteroatoms. The van der Waals surface area contributed by atoms with Crippen molar-refractivity contribution < 1.29 is 27.5 Å². The van der Waals surface area contributed by atoms with E-state index in [1.54, 1.807) is 19.1 Å². The lowest BCUT2D eigenvalue weighted by molar-refractivity contribution is -0.274. The average molecular weight is 366 g/mol. The normalized spacial score (nSPS) is 11.1. The van der Waals surface area contributed by atoms with Gasteiger partial charge in [-0.1, -0.05) is 12.1 Å². The molecule has 0 aliphatic heterocycles. The van der Waals surface area contributed by atoms with Crippen molar-refractivity contribution in [3.05, 3.63) is 58.9 Å². The zero-order chi connectivity index (χ0) is 19.3.